The van der Waals surface area contributed by atoms with Crippen LogP contribution in [0.3, 0.4) is 0 Å². The smallest absolute Gasteiger partial charge is 0.0945 e. The van der Waals surface area contributed by atoms with E-state index in [1.165, 1.54) is 38.9 Å². The lowest BCUT2D eigenvalue weighted by atomic mass is 9.97. The number of aromatic nitrogens is 2. The summed E-state index contributed by atoms with van der Waals surface area (Å²) in [4.78, 5) is 6.88. The Balaban J connectivity index is 1.52. The molecular formula is C16H28N4. The van der Waals surface area contributed by atoms with Crippen molar-refractivity contribution in [1.82, 2.24) is 19.8 Å². The van der Waals surface area contributed by atoms with E-state index in [-0.39, 0.29) is 0 Å². The van der Waals surface area contributed by atoms with Gasteiger partial charge in [-0.15, -0.1) is 0 Å². The second-order valence-electron chi connectivity index (χ2n) is 6.81. The molecular weight excluding hydrogens is 248 g/mol. The van der Waals surface area contributed by atoms with Gasteiger partial charge in [0.2, 0.25) is 0 Å². The molecule has 4 heteroatoms. The molecule has 1 aliphatic carbocycles. The van der Waals surface area contributed by atoms with Crippen molar-refractivity contribution >= 4 is 0 Å². The van der Waals surface area contributed by atoms with Crippen molar-refractivity contribution in [2.75, 3.05) is 19.6 Å². The summed E-state index contributed by atoms with van der Waals surface area (Å²) in [5, 5.41) is 3.77. The zero-order valence-electron chi connectivity index (χ0n) is 12.8. The second-order valence-corrected chi connectivity index (χ2v) is 6.81. The van der Waals surface area contributed by atoms with Crippen molar-refractivity contribution < 1.29 is 0 Å². The highest BCUT2D eigenvalue weighted by Crippen LogP contribution is 2.36. The first-order valence-electron chi connectivity index (χ1n) is 8.17. The van der Waals surface area contributed by atoms with Gasteiger partial charge < -0.3 is 9.88 Å². The molecule has 20 heavy (non-hydrogen) atoms. The van der Waals surface area contributed by atoms with E-state index in [0.29, 0.717) is 6.04 Å². The van der Waals surface area contributed by atoms with Gasteiger partial charge in [0.25, 0.3) is 0 Å². The SMILES string of the molecule is CC(C)C1CN(CCCn2ccnc2)C(C2CC2)CN1. The topological polar surface area (TPSA) is 33.1 Å². The van der Waals surface area contributed by atoms with E-state index in [1.54, 1.807) is 0 Å². The summed E-state index contributed by atoms with van der Waals surface area (Å²) in [5.74, 6) is 1.69. The summed E-state index contributed by atoms with van der Waals surface area (Å²) >= 11 is 0. The lowest BCUT2D eigenvalue weighted by Crippen LogP contribution is -2.59. The van der Waals surface area contributed by atoms with Gasteiger partial charge in [-0.2, -0.15) is 0 Å². The maximum absolute atomic E-state index is 4.12. The van der Waals surface area contributed by atoms with Crippen LogP contribution in [0.4, 0.5) is 0 Å². The molecule has 3 rings (SSSR count). The molecule has 0 amide bonds. The Morgan fingerprint density at radius 2 is 2.15 bits per heavy atom. The van der Waals surface area contributed by atoms with Crippen molar-refractivity contribution in [3.63, 3.8) is 0 Å². The predicted molar refractivity (Wildman–Crippen MR) is 81.6 cm³/mol. The van der Waals surface area contributed by atoms with Gasteiger partial charge in [-0.3, -0.25) is 4.90 Å². The Hall–Kier alpha value is -0.870. The van der Waals surface area contributed by atoms with E-state index < -0.39 is 0 Å². The van der Waals surface area contributed by atoms with Gasteiger partial charge >= 0.3 is 0 Å². The molecule has 2 heterocycles. The molecule has 2 fully saturated rings. The van der Waals surface area contributed by atoms with E-state index in [9.17, 15) is 0 Å². The standard InChI is InChI=1S/C16H28N4/c1-13(2)15-11-20(16(10-18-15)14-4-5-14)8-3-7-19-9-6-17-12-19/h6,9,12-16,18H,3-5,7-8,10-11H2,1-2H3. The lowest BCUT2D eigenvalue weighted by molar-refractivity contribution is 0.0972. The Kier molecular flexibility index (Phi) is 4.41. The van der Waals surface area contributed by atoms with Crippen LogP contribution in [0.5, 0.6) is 0 Å². The molecule has 2 atom stereocenters. The van der Waals surface area contributed by atoms with Crippen molar-refractivity contribution in [1.29, 1.82) is 0 Å². The van der Waals surface area contributed by atoms with Gasteiger partial charge in [0.15, 0.2) is 0 Å². The number of aryl methyl sites for hydroxylation is 1. The van der Waals surface area contributed by atoms with Crippen LogP contribution in [-0.4, -0.2) is 46.2 Å². The number of nitrogens with one attached hydrogen (secondary N) is 1. The molecule has 1 saturated carbocycles. The lowest BCUT2D eigenvalue weighted by Gasteiger charge is -2.42. The highest BCUT2D eigenvalue weighted by Gasteiger charge is 2.38. The molecule has 1 N–H and O–H groups in total. The third-order valence-corrected chi connectivity index (χ3v) is 4.88. The average molecular weight is 276 g/mol. The van der Waals surface area contributed by atoms with Gasteiger partial charge in [-0.05, 0) is 31.1 Å². The molecule has 0 aromatic carbocycles. The first-order valence-corrected chi connectivity index (χ1v) is 8.17. The average Bonchev–Trinajstić information content (AvgIpc) is 3.16. The molecule has 1 aromatic rings. The first-order chi connectivity index (χ1) is 9.74. The Labute approximate surface area is 122 Å². The Morgan fingerprint density at radius 1 is 1.30 bits per heavy atom. The maximum Gasteiger partial charge on any atom is 0.0945 e. The molecule has 2 aliphatic rings. The van der Waals surface area contributed by atoms with Crippen LogP contribution in [0.2, 0.25) is 0 Å². The molecule has 1 saturated heterocycles. The minimum Gasteiger partial charge on any atom is -0.337 e. The van der Waals surface area contributed by atoms with Crippen LogP contribution in [0.1, 0.15) is 33.1 Å². The highest BCUT2D eigenvalue weighted by atomic mass is 15.2. The van der Waals surface area contributed by atoms with Crippen LogP contribution in [0, 0.1) is 11.8 Å². The van der Waals surface area contributed by atoms with Crippen LogP contribution < -0.4 is 5.32 Å². The van der Waals surface area contributed by atoms with E-state index in [4.69, 9.17) is 0 Å². The summed E-state index contributed by atoms with van der Waals surface area (Å²) in [6.07, 6.45) is 9.96. The van der Waals surface area contributed by atoms with E-state index in [0.717, 1.165) is 24.4 Å². The molecule has 112 valence electrons. The van der Waals surface area contributed by atoms with E-state index in [2.05, 4.69) is 39.8 Å². The van der Waals surface area contributed by atoms with Crippen molar-refractivity contribution in [2.45, 2.75) is 51.7 Å². The molecule has 0 bridgehead atoms. The summed E-state index contributed by atoms with van der Waals surface area (Å²) in [7, 11) is 0. The number of hydrogen-bond acceptors (Lipinski definition) is 3. The molecule has 2 unspecified atom stereocenters. The zero-order chi connectivity index (χ0) is 13.9. The summed E-state index contributed by atoms with van der Waals surface area (Å²) in [5.41, 5.74) is 0. The quantitative estimate of drug-likeness (QED) is 0.862. The first kappa shape index (κ1) is 14.1. The molecule has 0 radical (unpaired) electrons. The van der Waals surface area contributed by atoms with Crippen molar-refractivity contribution in [2.24, 2.45) is 11.8 Å². The van der Waals surface area contributed by atoms with Crippen LogP contribution >= 0.6 is 0 Å². The number of piperazine rings is 1. The van der Waals surface area contributed by atoms with Crippen LogP contribution in [0.25, 0.3) is 0 Å². The Bertz CT molecular complexity index is 397. The fourth-order valence-electron chi connectivity index (χ4n) is 3.38. The summed E-state index contributed by atoms with van der Waals surface area (Å²) in [6.45, 7) is 9.40. The second kappa shape index (κ2) is 6.27. The third kappa shape index (κ3) is 3.41. The summed E-state index contributed by atoms with van der Waals surface area (Å²) in [6, 6.07) is 1.45. The predicted octanol–water partition coefficient (Wildman–Crippen LogP) is 1.98. The molecule has 0 spiro atoms. The minimum atomic E-state index is 0.665. The van der Waals surface area contributed by atoms with Gasteiger partial charge in [0.1, 0.15) is 0 Å². The number of nitrogens with zero attached hydrogens (tertiary/aromatic N) is 3. The van der Waals surface area contributed by atoms with E-state index >= 15 is 0 Å². The van der Waals surface area contributed by atoms with Crippen LogP contribution in [-0.2, 0) is 6.54 Å². The molecule has 4 nitrogen and oxygen atoms in total. The monoisotopic (exact) mass is 276 g/mol. The van der Waals surface area contributed by atoms with E-state index in [1.807, 2.05) is 12.5 Å². The van der Waals surface area contributed by atoms with Crippen LogP contribution in [0.15, 0.2) is 18.7 Å². The largest absolute Gasteiger partial charge is 0.337 e. The third-order valence-electron chi connectivity index (χ3n) is 4.88. The summed E-state index contributed by atoms with van der Waals surface area (Å²) < 4.78 is 2.19. The van der Waals surface area contributed by atoms with Crippen molar-refractivity contribution in [3.05, 3.63) is 18.7 Å². The fraction of sp³-hybridized carbons (Fsp3) is 0.812. The van der Waals surface area contributed by atoms with Gasteiger partial charge in [0.05, 0.1) is 6.33 Å². The van der Waals surface area contributed by atoms with Gasteiger partial charge in [-0.1, -0.05) is 13.8 Å². The number of rotatable bonds is 6. The highest BCUT2D eigenvalue weighted by molar-refractivity contribution is 4.95. The Morgan fingerprint density at radius 3 is 2.80 bits per heavy atom. The molecule has 1 aromatic heterocycles. The fourth-order valence-corrected chi connectivity index (χ4v) is 3.38. The minimum absolute atomic E-state index is 0.665. The van der Waals surface area contributed by atoms with Crippen molar-refractivity contribution in [3.8, 4) is 0 Å². The number of imidazole rings is 1. The maximum atomic E-state index is 4.12. The van der Waals surface area contributed by atoms with Gasteiger partial charge in [-0.25, -0.2) is 4.98 Å². The van der Waals surface area contributed by atoms with Gasteiger partial charge in [0, 0.05) is 50.7 Å². The molecule has 1 aliphatic heterocycles. The zero-order valence-corrected chi connectivity index (χ0v) is 12.8. The normalized spacial score (nSPS) is 28.1. The number of hydrogen-bond donors (Lipinski definition) is 1.